The van der Waals surface area contributed by atoms with Gasteiger partial charge in [-0.3, -0.25) is 10.1 Å². The number of nitrogens with zero attached hydrogens (tertiary/aromatic N) is 2. The van der Waals surface area contributed by atoms with Gasteiger partial charge in [0.25, 0.3) is 5.89 Å². The molecule has 1 aromatic heterocycles. The van der Waals surface area contributed by atoms with E-state index >= 15 is 0 Å². The third-order valence-corrected chi connectivity index (χ3v) is 5.77. The zero-order valence-corrected chi connectivity index (χ0v) is 16.4. The van der Waals surface area contributed by atoms with Crippen molar-refractivity contribution >= 4 is 56.6 Å². The van der Waals surface area contributed by atoms with Crippen LogP contribution >= 0.6 is 34.8 Å². The zero-order chi connectivity index (χ0) is 19.6. The van der Waals surface area contributed by atoms with Gasteiger partial charge in [0.15, 0.2) is 9.84 Å². The topological polar surface area (TPSA) is 102 Å². The van der Waals surface area contributed by atoms with Crippen molar-refractivity contribution in [1.29, 1.82) is 0 Å². The molecule has 0 atom stereocenters. The summed E-state index contributed by atoms with van der Waals surface area (Å²) in [6, 6.07) is 9.88. The van der Waals surface area contributed by atoms with E-state index in [2.05, 4.69) is 15.5 Å². The normalized spacial score (nSPS) is 11.4. The monoisotopic (exact) mass is 445 g/mol. The summed E-state index contributed by atoms with van der Waals surface area (Å²) in [5.41, 5.74) is 0.381. The lowest BCUT2D eigenvalue weighted by Crippen LogP contribution is -2.23. The van der Waals surface area contributed by atoms with E-state index in [4.69, 9.17) is 39.2 Å². The highest BCUT2D eigenvalue weighted by Crippen LogP contribution is 2.30. The smallest absolute Gasteiger partial charge is 0.322 e. The number of halogens is 3. The fraction of sp³-hybridized carbons (Fsp3) is 0.0625. The van der Waals surface area contributed by atoms with Crippen molar-refractivity contribution in [3.8, 4) is 11.5 Å². The van der Waals surface area contributed by atoms with Crippen LogP contribution in [-0.4, -0.2) is 30.3 Å². The Morgan fingerprint density at radius 2 is 1.67 bits per heavy atom. The maximum atomic E-state index is 12.3. The van der Waals surface area contributed by atoms with Crippen molar-refractivity contribution in [3.63, 3.8) is 0 Å². The standard InChI is InChI=1S/C16H10Cl3N3O4S/c17-9-1-4-11(5-2-9)27(24,25)8-14(23)20-16-22-21-15(26-16)12-7-10(18)3-6-13(12)19/h1-7H,8H2,(H,20,22,23). The summed E-state index contributed by atoms with van der Waals surface area (Å²) >= 11 is 17.7. The number of sulfone groups is 1. The molecule has 7 nitrogen and oxygen atoms in total. The molecule has 2 aromatic carbocycles. The van der Waals surface area contributed by atoms with Crippen LogP contribution in [0.1, 0.15) is 0 Å². The average molecular weight is 447 g/mol. The molecule has 27 heavy (non-hydrogen) atoms. The molecule has 11 heteroatoms. The maximum absolute atomic E-state index is 12.3. The van der Waals surface area contributed by atoms with Crippen LogP contribution in [0, 0.1) is 0 Å². The molecule has 0 spiro atoms. The van der Waals surface area contributed by atoms with Gasteiger partial charge in [-0.25, -0.2) is 8.42 Å². The van der Waals surface area contributed by atoms with Crippen molar-refractivity contribution < 1.29 is 17.6 Å². The summed E-state index contributed by atoms with van der Waals surface area (Å²) < 4.78 is 29.8. The molecule has 0 saturated heterocycles. The number of rotatable bonds is 5. The number of anilines is 1. The summed E-state index contributed by atoms with van der Waals surface area (Å²) in [5, 5.41) is 10.8. The van der Waals surface area contributed by atoms with Gasteiger partial charge in [0.05, 0.1) is 15.5 Å². The molecule has 3 rings (SSSR count). The first kappa shape index (κ1) is 19.6. The van der Waals surface area contributed by atoms with Crippen molar-refractivity contribution in [2.24, 2.45) is 0 Å². The minimum absolute atomic E-state index is 0.0263. The Morgan fingerprint density at radius 3 is 2.37 bits per heavy atom. The second-order valence-electron chi connectivity index (χ2n) is 5.30. The van der Waals surface area contributed by atoms with Crippen molar-refractivity contribution in [3.05, 3.63) is 57.5 Å². The summed E-state index contributed by atoms with van der Waals surface area (Å²) in [4.78, 5) is 12.0. The molecule has 0 aliphatic heterocycles. The fourth-order valence-corrected chi connectivity index (χ4v) is 3.73. The molecule has 0 fully saturated rings. The van der Waals surface area contributed by atoms with Gasteiger partial charge < -0.3 is 4.42 Å². The number of amides is 1. The molecule has 0 aliphatic rings. The van der Waals surface area contributed by atoms with Crippen LogP contribution in [0.5, 0.6) is 0 Å². The second kappa shape index (κ2) is 7.85. The van der Waals surface area contributed by atoms with E-state index in [9.17, 15) is 13.2 Å². The van der Waals surface area contributed by atoms with E-state index in [1.54, 1.807) is 12.1 Å². The molecule has 0 saturated carbocycles. The number of hydrogen-bond acceptors (Lipinski definition) is 6. The first-order valence-corrected chi connectivity index (χ1v) is 10.1. The number of carbonyl (C=O) groups excluding carboxylic acids is 1. The molecular weight excluding hydrogens is 437 g/mol. The van der Waals surface area contributed by atoms with Crippen LogP contribution in [0.15, 0.2) is 51.8 Å². The quantitative estimate of drug-likeness (QED) is 0.633. The number of nitrogens with one attached hydrogen (secondary N) is 1. The Hall–Kier alpha value is -2.13. The predicted octanol–water partition coefficient (Wildman–Crippen LogP) is 4.11. The fourth-order valence-electron chi connectivity index (χ4n) is 2.10. The minimum atomic E-state index is -3.85. The Balaban J connectivity index is 1.73. The molecule has 1 heterocycles. The number of aromatic nitrogens is 2. The van der Waals surface area contributed by atoms with Gasteiger partial charge in [0.1, 0.15) is 5.75 Å². The lowest BCUT2D eigenvalue weighted by Gasteiger charge is -2.04. The third-order valence-electron chi connectivity index (χ3n) is 3.32. The lowest BCUT2D eigenvalue weighted by atomic mass is 10.2. The maximum Gasteiger partial charge on any atom is 0.322 e. The molecule has 140 valence electrons. The van der Waals surface area contributed by atoms with E-state index < -0.39 is 21.5 Å². The predicted molar refractivity (Wildman–Crippen MR) is 102 cm³/mol. The molecule has 0 unspecified atom stereocenters. The van der Waals surface area contributed by atoms with Crippen LogP contribution in [0.2, 0.25) is 15.1 Å². The van der Waals surface area contributed by atoms with E-state index in [1.165, 1.54) is 30.3 Å². The van der Waals surface area contributed by atoms with Crippen LogP contribution in [0.25, 0.3) is 11.5 Å². The second-order valence-corrected chi connectivity index (χ2v) is 8.57. The van der Waals surface area contributed by atoms with E-state index in [1.807, 2.05) is 0 Å². The van der Waals surface area contributed by atoms with E-state index in [0.29, 0.717) is 20.6 Å². The van der Waals surface area contributed by atoms with Crippen molar-refractivity contribution in [2.75, 3.05) is 11.1 Å². The molecule has 1 amide bonds. The van der Waals surface area contributed by atoms with Crippen LogP contribution in [-0.2, 0) is 14.6 Å². The average Bonchev–Trinajstić information content (AvgIpc) is 3.05. The highest BCUT2D eigenvalue weighted by molar-refractivity contribution is 7.92. The Morgan fingerprint density at radius 1 is 1.00 bits per heavy atom. The first-order valence-electron chi connectivity index (χ1n) is 7.32. The molecule has 0 bridgehead atoms. The van der Waals surface area contributed by atoms with E-state index in [-0.39, 0.29) is 16.8 Å². The van der Waals surface area contributed by atoms with Crippen LogP contribution in [0.4, 0.5) is 6.01 Å². The van der Waals surface area contributed by atoms with Gasteiger partial charge in [-0.2, -0.15) is 0 Å². The summed E-state index contributed by atoms with van der Waals surface area (Å²) in [6.45, 7) is 0. The number of hydrogen-bond donors (Lipinski definition) is 1. The lowest BCUT2D eigenvalue weighted by molar-refractivity contribution is -0.114. The summed E-state index contributed by atoms with van der Waals surface area (Å²) in [6.07, 6.45) is 0. The van der Waals surface area contributed by atoms with Crippen LogP contribution < -0.4 is 5.32 Å². The van der Waals surface area contributed by atoms with Crippen LogP contribution in [0.3, 0.4) is 0 Å². The molecular formula is C16H10Cl3N3O4S. The Bertz CT molecular complexity index is 1100. The Kier molecular flexibility index (Phi) is 5.71. The molecule has 3 aromatic rings. The summed E-state index contributed by atoms with van der Waals surface area (Å²) in [7, 11) is -3.85. The first-order chi connectivity index (χ1) is 12.7. The largest absolute Gasteiger partial charge is 0.403 e. The van der Waals surface area contributed by atoms with Gasteiger partial charge in [-0.05, 0) is 42.5 Å². The van der Waals surface area contributed by atoms with Gasteiger partial charge in [-0.15, -0.1) is 5.10 Å². The summed E-state index contributed by atoms with van der Waals surface area (Å²) in [5.74, 6) is -1.61. The van der Waals surface area contributed by atoms with Gasteiger partial charge >= 0.3 is 6.01 Å². The highest BCUT2D eigenvalue weighted by Gasteiger charge is 2.21. The third kappa shape index (κ3) is 4.78. The van der Waals surface area contributed by atoms with Crippen molar-refractivity contribution in [1.82, 2.24) is 10.2 Å². The number of carbonyl (C=O) groups is 1. The molecule has 0 radical (unpaired) electrons. The van der Waals surface area contributed by atoms with Gasteiger partial charge in [-0.1, -0.05) is 39.9 Å². The molecule has 1 N–H and O–H groups in total. The number of benzene rings is 2. The van der Waals surface area contributed by atoms with E-state index in [0.717, 1.165) is 0 Å². The Labute approximate surface area is 169 Å². The van der Waals surface area contributed by atoms with Gasteiger partial charge in [0.2, 0.25) is 5.91 Å². The van der Waals surface area contributed by atoms with Crippen molar-refractivity contribution in [2.45, 2.75) is 4.90 Å². The highest BCUT2D eigenvalue weighted by atomic mass is 35.5. The zero-order valence-electron chi connectivity index (χ0n) is 13.3. The van der Waals surface area contributed by atoms with Gasteiger partial charge in [0, 0.05) is 10.0 Å². The SMILES string of the molecule is O=C(CS(=O)(=O)c1ccc(Cl)cc1)Nc1nnc(-c2cc(Cl)ccc2Cl)o1. The minimum Gasteiger partial charge on any atom is -0.403 e. The molecule has 0 aliphatic carbocycles.